The third kappa shape index (κ3) is 4.10. The SMILES string of the molecule is O=C(NCc1cc(C(=O)N2CC(C(=O)O)C2)ccn1)OCC1c2ccccc2-c2ccccc21. The number of carboxylic acids is 1. The predicted octanol–water partition coefficient (Wildman–Crippen LogP) is 3.28. The number of rotatable bonds is 6. The van der Waals surface area contributed by atoms with Crippen molar-refractivity contribution in [3.8, 4) is 11.1 Å². The fourth-order valence-corrected chi connectivity index (χ4v) is 4.50. The van der Waals surface area contributed by atoms with Gasteiger partial charge in [-0.15, -0.1) is 0 Å². The van der Waals surface area contributed by atoms with Crippen molar-refractivity contribution in [3.63, 3.8) is 0 Å². The summed E-state index contributed by atoms with van der Waals surface area (Å²) in [4.78, 5) is 41.6. The Hall–Kier alpha value is -4.20. The highest BCUT2D eigenvalue weighted by Crippen LogP contribution is 2.44. The summed E-state index contributed by atoms with van der Waals surface area (Å²) in [7, 11) is 0. The van der Waals surface area contributed by atoms with Crippen molar-refractivity contribution in [1.82, 2.24) is 15.2 Å². The van der Waals surface area contributed by atoms with Gasteiger partial charge in [0.05, 0.1) is 18.2 Å². The van der Waals surface area contributed by atoms with Gasteiger partial charge in [0, 0.05) is 30.8 Å². The van der Waals surface area contributed by atoms with Gasteiger partial charge in [0.1, 0.15) is 6.61 Å². The van der Waals surface area contributed by atoms with Crippen molar-refractivity contribution < 1.29 is 24.2 Å². The molecular formula is C26H23N3O5. The molecule has 1 fully saturated rings. The third-order valence-electron chi connectivity index (χ3n) is 6.34. The molecule has 0 bridgehead atoms. The minimum Gasteiger partial charge on any atom is -0.481 e. The van der Waals surface area contributed by atoms with Crippen molar-refractivity contribution in [2.24, 2.45) is 5.92 Å². The Morgan fingerprint density at radius 3 is 2.29 bits per heavy atom. The zero-order valence-electron chi connectivity index (χ0n) is 18.3. The maximum atomic E-state index is 12.5. The second kappa shape index (κ2) is 8.97. The first-order valence-electron chi connectivity index (χ1n) is 11.1. The van der Waals surface area contributed by atoms with E-state index < -0.39 is 18.0 Å². The molecule has 0 unspecified atom stereocenters. The molecule has 2 amide bonds. The summed E-state index contributed by atoms with van der Waals surface area (Å²) in [6, 6.07) is 19.4. The summed E-state index contributed by atoms with van der Waals surface area (Å²) in [5.74, 6) is -1.68. The molecule has 2 N–H and O–H groups in total. The van der Waals surface area contributed by atoms with Crippen LogP contribution in [0.2, 0.25) is 0 Å². The van der Waals surface area contributed by atoms with Gasteiger partial charge in [0.15, 0.2) is 0 Å². The number of alkyl carbamates (subject to hydrolysis) is 1. The van der Waals surface area contributed by atoms with Crippen molar-refractivity contribution >= 4 is 18.0 Å². The summed E-state index contributed by atoms with van der Waals surface area (Å²) < 4.78 is 5.53. The normalized spacial score (nSPS) is 14.6. The standard InChI is InChI=1S/C26H23N3O5/c30-24(29-13-17(14-29)25(31)32)16-9-10-27-18(11-16)12-28-26(33)34-15-23-21-7-3-1-5-19(21)20-6-2-4-8-22(20)23/h1-11,17,23H,12-15H2,(H,28,33)(H,31,32). The van der Waals surface area contributed by atoms with Crippen LogP contribution in [-0.2, 0) is 16.1 Å². The first-order chi connectivity index (χ1) is 16.5. The smallest absolute Gasteiger partial charge is 0.407 e. The highest BCUT2D eigenvalue weighted by Gasteiger charge is 2.36. The van der Waals surface area contributed by atoms with Crippen LogP contribution in [0.15, 0.2) is 66.9 Å². The fourth-order valence-electron chi connectivity index (χ4n) is 4.50. The largest absolute Gasteiger partial charge is 0.481 e. The van der Waals surface area contributed by atoms with Gasteiger partial charge >= 0.3 is 12.1 Å². The number of likely N-dealkylation sites (tertiary alicyclic amines) is 1. The van der Waals surface area contributed by atoms with E-state index in [-0.39, 0.29) is 38.1 Å². The van der Waals surface area contributed by atoms with Crippen molar-refractivity contribution in [2.75, 3.05) is 19.7 Å². The lowest BCUT2D eigenvalue weighted by atomic mass is 9.98. The van der Waals surface area contributed by atoms with Crippen LogP contribution >= 0.6 is 0 Å². The average molecular weight is 457 g/mol. The van der Waals surface area contributed by atoms with Gasteiger partial charge in [-0.3, -0.25) is 14.6 Å². The van der Waals surface area contributed by atoms with Gasteiger partial charge < -0.3 is 20.1 Å². The molecule has 1 aliphatic heterocycles. The molecular weight excluding hydrogens is 434 g/mol. The number of aromatic nitrogens is 1. The summed E-state index contributed by atoms with van der Waals surface area (Å²) in [5, 5.41) is 11.7. The molecule has 0 atom stereocenters. The van der Waals surface area contributed by atoms with Gasteiger partial charge in [-0.25, -0.2) is 4.79 Å². The Bertz CT molecular complexity index is 1220. The van der Waals surface area contributed by atoms with E-state index in [1.807, 2.05) is 24.3 Å². The molecule has 2 aromatic carbocycles. The van der Waals surface area contributed by atoms with Gasteiger partial charge in [-0.1, -0.05) is 48.5 Å². The Morgan fingerprint density at radius 2 is 1.65 bits per heavy atom. The molecule has 1 saturated heterocycles. The van der Waals surface area contributed by atoms with Crippen molar-refractivity contribution in [1.29, 1.82) is 0 Å². The van der Waals surface area contributed by atoms with Crippen molar-refractivity contribution in [2.45, 2.75) is 12.5 Å². The number of nitrogens with one attached hydrogen (secondary N) is 1. The molecule has 1 aromatic heterocycles. The van der Waals surface area contributed by atoms with E-state index in [1.165, 1.54) is 11.1 Å². The number of nitrogens with zero attached hydrogens (tertiary/aromatic N) is 2. The van der Waals surface area contributed by atoms with Gasteiger partial charge in [0.2, 0.25) is 0 Å². The number of benzene rings is 2. The minimum atomic E-state index is -0.897. The third-order valence-corrected chi connectivity index (χ3v) is 6.34. The summed E-state index contributed by atoms with van der Waals surface area (Å²) in [5.41, 5.74) is 5.52. The van der Waals surface area contributed by atoms with Crippen LogP contribution in [0.4, 0.5) is 4.79 Å². The van der Waals surface area contributed by atoms with Crippen LogP contribution in [0.25, 0.3) is 11.1 Å². The van der Waals surface area contributed by atoms with Crippen LogP contribution in [-0.4, -0.2) is 52.7 Å². The molecule has 8 nitrogen and oxygen atoms in total. The molecule has 34 heavy (non-hydrogen) atoms. The second-order valence-corrected chi connectivity index (χ2v) is 8.46. The number of ether oxygens (including phenoxy) is 1. The molecule has 172 valence electrons. The van der Waals surface area contributed by atoms with E-state index in [4.69, 9.17) is 9.84 Å². The number of aliphatic carboxylic acids is 1. The zero-order valence-corrected chi connectivity index (χ0v) is 18.3. The number of fused-ring (bicyclic) bond motifs is 3. The summed E-state index contributed by atoms with van der Waals surface area (Å²) >= 11 is 0. The van der Waals surface area contributed by atoms with E-state index in [2.05, 4.69) is 34.6 Å². The van der Waals surface area contributed by atoms with E-state index in [1.54, 1.807) is 12.1 Å². The Morgan fingerprint density at radius 1 is 1.00 bits per heavy atom. The first kappa shape index (κ1) is 21.6. The molecule has 0 spiro atoms. The van der Waals surface area contributed by atoms with E-state index in [9.17, 15) is 14.4 Å². The first-order valence-corrected chi connectivity index (χ1v) is 11.1. The number of pyridine rings is 1. The molecule has 0 saturated carbocycles. The second-order valence-electron chi connectivity index (χ2n) is 8.46. The molecule has 0 radical (unpaired) electrons. The predicted molar refractivity (Wildman–Crippen MR) is 123 cm³/mol. The average Bonchev–Trinajstić information content (AvgIpc) is 3.14. The maximum Gasteiger partial charge on any atom is 0.407 e. The lowest BCUT2D eigenvalue weighted by molar-refractivity contribution is -0.146. The highest BCUT2D eigenvalue weighted by molar-refractivity contribution is 5.95. The van der Waals surface area contributed by atoms with Crippen LogP contribution < -0.4 is 5.32 Å². The van der Waals surface area contributed by atoms with E-state index in [0.717, 1.165) is 22.3 Å². The van der Waals surface area contributed by atoms with E-state index >= 15 is 0 Å². The highest BCUT2D eigenvalue weighted by atomic mass is 16.5. The van der Waals surface area contributed by atoms with Gasteiger partial charge in [-0.05, 0) is 34.4 Å². The quantitative estimate of drug-likeness (QED) is 0.588. The number of hydrogen-bond acceptors (Lipinski definition) is 5. The Balaban J connectivity index is 1.17. The lowest BCUT2D eigenvalue weighted by Gasteiger charge is -2.36. The number of amides is 2. The minimum absolute atomic E-state index is 0.0246. The molecule has 1 aliphatic carbocycles. The van der Waals surface area contributed by atoms with Crippen LogP contribution in [0.5, 0.6) is 0 Å². The number of carbonyl (C=O) groups excluding carboxylic acids is 2. The van der Waals surface area contributed by atoms with E-state index in [0.29, 0.717) is 11.3 Å². The molecule has 2 heterocycles. The maximum absolute atomic E-state index is 12.5. The Kier molecular flexibility index (Phi) is 5.71. The summed E-state index contributed by atoms with van der Waals surface area (Å²) in [6.07, 6.45) is 0.934. The lowest BCUT2D eigenvalue weighted by Crippen LogP contribution is -2.53. The number of carbonyl (C=O) groups is 3. The van der Waals surface area contributed by atoms with Gasteiger partial charge in [-0.2, -0.15) is 0 Å². The van der Waals surface area contributed by atoms with Crippen LogP contribution in [0.1, 0.15) is 33.1 Å². The van der Waals surface area contributed by atoms with Gasteiger partial charge in [0.25, 0.3) is 5.91 Å². The number of hydrogen-bond donors (Lipinski definition) is 2. The Labute approximate surface area is 196 Å². The molecule has 5 rings (SSSR count). The zero-order chi connectivity index (χ0) is 23.7. The monoisotopic (exact) mass is 457 g/mol. The molecule has 8 heteroatoms. The number of carboxylic acid groups (broad SMARTS) is 1. The van der Waals surface area contributed by atoms with Crippen molar-refractivity contribution in [3.05, 3.63) is 89.2 Å². The molecule has 2 aliphatic rings. The summed E-state index contributed by atoms with van der Waals surface area (Å²) in [6.45, 7) is 0.717. The van der Waals surface area contributed by atoms with Crippen LogP contribution in [0, 0.1) is 5.92 Å². The topological polar surface area (TPSA) is 109 Å². The fraction of sp³-hybridized carbons (Fsp3) is 0.231. The van der Waals surface area contributed by atoms with Crippen LogP contribution in [0.3, 0.4) is 0 Å². The molecule has 3 aromatic rings.